The highest BCUT2D eigenvalue weighted by Gasteiger charge is 2.29. The molecule has 2 aromatic heterocycles. The van der Waals surface area contributed by atoms with E-state index in [9.17, 15) is 0 Å². The Bertz CT molecular complexity index is 1070. The van der Waals surface area contributed by atoms with Gasteiger partial charge in [0.15, 0.2) is 0 Å². The lowest BCUT2D eigenvalue weighted by Gasteiger charge is -2.06. The number of rotatable bonds is 34. The normalized spacial score (nSPS) is 13.9. The summed E-state index contributed by atoms with van der Waals surface area (Å²) in [6, 6.07) is 0. The number of aromatic nitrogens is 2. The third kappa shape index (κ3) is 18.6. The lowest BCUT2D eigenvalue weighted by molar-refractivity contribution is 0.521. The Kier molecular flexibility index (Phi) is 24.8. The van der Waals surface area contributed by atoms with Crippen LogP contribution in [0.1, 0.15) is 219 Å². The molecule has 4 rings (SSSR count). The van der Waals surface area contributed by atoms with Gasteiger partial charge < -0.3 is 9.13 Å². The van der Waals surface area contributed by atoms with Crippen LogP contribution in [0.25, 0.3) is 0 Å². The van der Waals surface area contributed by atoms with Crippen LogP contribution in [0.5, 0.6) is 0 Å². The van der Waals surface area contributed by atoms with Crippen molar-refractivity contribution in [2.45, 2.75) is 252 Å². The molecule has 0 atom stereocenters. The van der Waals surface area contributed by atoms with Crippen molar-refractivity contribution in [1.82, 2.24) is 9.13 Å². The minimum Gasteiger partial charge on any atom is -0.352 e. The first kappa shape index (κ1) is 44.4. The molecule has 2 aliphatic heterocycles. The molecule has 2 aliphatic rings. The molecule has 0 unspecified atom stereocenters. The topological polar surface area (TPSA) is 9.86 Å². The van der Waals surface area contributed by atoms with Crippen molar-refractivity contribution < 1.29 is 0 Å². The second-order valence-electron chi connectivity index (χ2n) is 16.0. The molecule has 296 valence electrons. The van der Waals surface area contributed by atoms with Crippen molar-refractivity contribution in [1.29, 1.82) is 0 Å². The zero-order valence-electron chi connectivity index (χ0n) is 33.9. The third-order valence-corrected chi connectivity index (χ3v) is 16.6. The standard InChI is InChI=1S/C46H78N2S4/c1-3-5-7-9-11-13-15-17-19-21-23-25-27-29-31-33-35-47-37-41-42(38-47)50-45(49-41)46-51-43-39-48(40-44(43)52-46)36-34-32-30-28-26-24-22-20-18-16-14-12-10-8-6-4-2/h37-40H,3-36H2,1-2H3. The highest BCUT2D eigenvalue weighted by Crippen LogP contribution is 2.61. The van der Waals surface area contributed by atoms with Crippen molar-refractivity contribution in [3.05, 3.63) is 33.3 Å². The molecule has 0 bridgehead atoms. The van der Waals surface area contributed by atoms with Gasteiger partial charge in [-0.1, -0.05) is 254 Å². The summed E-state index contributed by atoms with van der Waals surface area (Å²) in [5.74, 6) is 0. The number of hydrogen-bond donors (Lipinski definition) is 0. The minimum absolute atomic E-state index is 1.18. The van der Waals surface area contributed by atoms with Crippen LogP contribution in [0, 0.1) is 0 Å². The van der Waals surface area contributed by atoms with E-state index in [1.165, 1.54) is 247 Å². The predicted octanol–water partition coefficient (Wildman–Crippen LogP) is 18.0. The maximum Gasteiger partial charge on any atom is 0.0707 e. The van der Waals surface area contributed by atoms with Crippen molar-refractivity contribution in [2.24, 2.45) is 0 Å². The molecule has 52 heavy (non-hydrogen) atoms. The average Bonchev–Trinajstić information content (AvgIpc) is 3.92. The average molecular weight is 787 g/mol. The van der Waals surface area contributed by atoms with Crippen LogP contribution in [0.3, 0.4) is 0 Å². The molecular formula is C46H78N2S4. The van der Waals surface area contributed by atoms with Crippen molar-refractivity contribution in [3.63, 3.8) is 0 Å². The summed E-state index contributed by atoms with van der Waals surface area (Å²) in [4.78, 5) is 5.87. The van der Waals surface area contributed by atoms with Crippen LogP contribution in [0.15, 0.2) is 52.8 Å². The van der Waals surface area contributed by atoms with E-state index in [2.05, 4.69) is 47.8 Å². The summed E-state index contributed by atoms with van der Waals surface area (Å²) in [5, 5.41) is 0. The van der Waals surface area contributed by atoms with Gasteiger partial charge in [0.05, 0.1) is 8.47 Å². The molecule has 0 saturated carbocycles. The Morgan fingerprint density at radius 3 is 0.692 bits per heavy atom. The van der Waals surface area contributed by atoms with E-state index in [1.807, 2.05) is 47.0 Å². The highest BCUT2D eigenvalue weighted by atomic mass is 32.2. The van der Waals surface area contributed by atoms with Crippen LogP contribution < -0.4 is 0 Å². The van der Waals surface area contributed by atoms with Crippen LogP contribution >= 0.6 is 47.0 Å². The molecule has 0 N–H and O–H groups in total. The summed E-state index contributed by atoms with van der Waals surface area (Å²) < 4.78 is 7.91. The van der Waals surface area contributed by atoms with E-state index in [-0.39, 0.29) is 0 Å². The zero-order chi connectivity index (χ0) is 36.3. The van der Waals surface area contributed by atoms with Gasteiger partial charge in [0.1, 0.15) is 0 Å². The fourth-order valence-electron chi connectivity index (χ4n) is 7.79. The van der Waals surface area contributed by atoms with Crippen molar-refractivity contribution in [2.75, 3.05) is 0 Å². The number of hydrogen-bond acceptors (Lipinski definition) is 4. The maximum absolute atomic E-state index is 2.46. The van der Waals surface area contributed by atoms with E-state index < -0.39 is 0 Å². The summed E-state index contributed by atoms with van der Waals surface area (Å²) in [7, 11) is 0. The van der Waals surface area contributed by atoms with Gasteiger partial charge in [0.2, 0.25) is 0 Å². The van der Waals surface area contributed by atoms with Gasteiger partial charge in [-0.25, -0.2) is 0 Å². The lowest BCUT2D eigenvalue weighted by atomic mass is 10.0. The van der Waals surface area contributed by atoms with Crippen LogP contribution in [-0.2, 0) is 13.1 Å². The molecule has 0 radical (unpaired) electrons. The molecule has 6 heteroatoms. The molecule has 0 aliphatic carbocycles. The summed E-state index contributed by atoms with van der Waals surface area (Å²) >= 11 is 8.01. The van der Waals surface area contributed by atoms with Crippen LogP contribution in [-0.4, -0.2) is 9.13 Å². The zero-order valence-corrected chi connectivity index (χ0v) is 37.1. The highest BCUT2D eigenvalue weighted by molar-refractivity contribution is 8.30. The minimum atomic E-state index is 1.18. The van der Waals surface area contributed by atoms with E-state index in [0.717, 1.165) is 0 Å². The Balaban J connectivity index is 0.945. The van der Waals surface area contributed by atoms with Gasteiger partial charge in [-0.2, -0.15) is 0 Å². The molecule has 4 heterocycles. The Labute approximate surface area is 339 Å². The van der Waals surface area contributed by atoms with E-state index >= 15 is 0 Å². The first-order chi connectivity index (χ1) is 25.8. The molecule has 0 fully saturated rings. The molecular weight excluding hydrogens is 709 g/mol. The molecule has 2 nitrogen and oxygen atoms in total. The molecule has 0 saturated heterocycles. The van der Waals surface area contributed by atoms with Gasteiger partial charge >= 0.3 is 0 Å². The first-order valence-corrected chi connectivity index (χ1v) is 25.9. The third-order valence-electron chi connectivity index (χ3n) is 11.1. The van der Waals surface area contributed by atoms with Gasteiger partial charge in [0, 0.05) is 57.5 Å². The number of fused-ring (bicyclic) bond motifs is 2. The fraction of sp³-hybridized carbons (Fsp3) is 0.783. The van der Waals surface area contributed by atoms with Gasteiger partial charge in [0.25, 0.3) is 0 Å². The van der Waals surface area contributed by atoms with E-state index in [1.54, 1.807) is 0 Å². The summed E-state index contributed by atoms with van der Waals surface area (Å²) in [6.45, 7) is 6.97. The summed E-state index contributed by atoms with van der Waals surface area (Å²) in [6.07, 6.45) is 55.6. The molecule has 0 spiro atoms. The smallest absolute Gasteiger partial charge is 0.0707 e. The number of thioether (sulfide) groups is 4. The molecule has 2 aromatic rings. The van der Waals surface area contributed by atoms with E-state index in [4.69, 9.17) is 0 Å². The van der Waals surface area contributed by atoms with Gasteiger partial charge in [-0.05, 0) is 12.8 Å². The Morgan fingerprint density at radius 2 is 0.481 bits per heavy atom. The molecule has 0 amide bonds. The van der Waals surface area contributed by atoms with Crippen molar-refractivity contribution in [3.8, 4) is 0 Å². The fourth-order valence-corrected chi connectivity index (χ4v) is 13.2. The van der Waals surface area contributed by atoms with Crippen LogP contribution in [0.4, 0.5) is 0 Å². The van der Waals surface area contributed by atoms with Crippen molar-refractivity contribution >= 4 is 47.0 Å². The number of aryl methyl sites for hydroxylation is 2. The van der Waals surface area contributed by atoms with Crippen LogP contribution in [0.2, 0.25) is 0 Å². The predicted molar refractivity (Wildman–Crippen MR) is 238 cm³/mol. The van der Waals surface area contributed by atoms with E-state index in [0.29, 0.717) is 0 Å². The maximum atomic E-state index is 2.46. The largest absolute Gasteiger partial charge is 0.352 e. The number of unbranched alkanes of at least 4 members (excludes halogenated alkanes) is 30. The number of nitrogens with zero attached hydrogens (tertiary/aromatic N) is 2. The second-order valence-corrected chi connectivity index (χ2v) is 20.8. The quantitative estimate of drug-likeness (QED) is 0.0654. The lowest BCUT2D eigenvalue weighted by Crippen LogP contribution is -1.94. The molecule has 0 aromatic carbocycles. The SMILES string of the molecule is CCCCCCCCCCCCCCCCCCn1cc2c(c1)SC(=C1Sc3cn(CCCCCCCCCCCCCCCCCC)cc3S1)S2. The Hall–Kier alpha value is -0.300. The second kappa shape index (κ2) is 29.0. The van der Waals surface area contributed by atoms with Gasteiger partial charge in [-0.15, -0.1) is 0 Å². The monoisotopic (exact) mass is 787 g/mol. The van der Waals surface area contributed by atoms with Gasteiger partial charge in [-0.3, -0.25) is 0 Å². The Morgan fingerprint density at radius 1 is 0.288 bits per heavy atom. The first-order valence-electron chi connectivity index (χ1n) is 22.6. The summed E-state index contributed by atoms with van der Waals surface area (Å²) in [5.41, 5.74) is 0.